The second-order valence-electron chi connectivity index (χ2n) is 11.8. The topological polar surface area (TPSA) is 133 Å². The van der Waals surface area contributed by atoms with Gasteiger partial charge in [0.05, 0.1) is 46.1 Å². The molecule has 0 radical (unpaired) electrons. The molecule has 4 aromatic rings. The first-order valence-corrected chi connectivity index (χ1v) is 17.6. The van der Waals surface area contributed by atoms with Crippen LogP contribution in [0.25, 0.3) is 0 Å². The first-order valence-electron chi connectivity index (χ1n) is 16.2. The van der Waals surface area contributed by atoms with E-state index in [2.05, 4.69) is 5.32 Å². The van der Waals surface area contributed by atoms with E-state index in [9.17, 15) is 18.0 Å². The van der Waals surface area contributed by atoms with Gasteiger partial charge in [-0.15, -0.1) is 0 Å². The molecule has 0 aromatic heterocycles. The molecule has 0 bridgehead atoms. The number of hydrogen-bond donors (Lipinski definition) is 1. The number of amides is 2. The molecule has 12 nitrogen and oxygen atoms in total. The highest BCUT2D eigenvalue weighted by atomic mass is 32.2. The van der Waals surface area contributed by atoms with Gasteiger partial charge in [0.25, 0.3) is 10.0 Å². The maximum atomic E-state index is 14.9. The highest BCUT2D eigenvalue weighted by Crippen LogP contribution is 2.38. The monoisotopic (exact) mass is 719 g/mol. The van der Waals surface area contributed by atoms with Crippen LogP contribution in [0.3, 0.4) is 0 Å². The number of carbonyl (C=O) groups excluding carboxylic acids is 2. The molecule has 272 valence electrons. The van der Waals surface area contributed by atoms with Crippen molar-refractivity contribution in [3.63, 3.8) is 0 Å². The second kappa shape index (κ2) is 17.5. The fraction of sp³-hybridized carbons (Fsp3) is 0.316. The number of rotatable bonds is 17. The summed E-state index contributed by atoms with van der Waals surface area (Å²) in [6, 6.07) is 24.0. The Balaban J connectivity index is 1.91. The highest BCUT2D eigenvalue weighted by molar-refractivity contribution is 7.92. The molecule has 0 heterocycles. The summed E-state index contributed by atoms with van der Waals surface area (Å²) in [7, 11) is 2.71. The molecule has 4 aromatic carbocycles. The number of nitrogens with zero attached hydrogens (tertiary/aromatic N) is 2. The van der Waals surface area contributed by atoms with Gasteiger partial charge in [-0.25, -0.2) is 8.42 Å². The predicted octanol–water partition coefficient (Wildman–Crippen LogP) is 5.09. The summed E-state index contributed by atoms with van der Waals surface area (Å²) in [5.74, 6) is 0.523. The summed E-state index contributed by atoms with van der Waals surface area (Å²) in [6.07, 6.45) is 0.167. The van der Waals surface area contributed by atoms with Crippen molar-refractivity contribution in [2.45, 2.75) is 43.8 Å². The lowest BCUT2D eigenvalue weighted by Gasteiger charge is -2.34. The molecule has 0 aliphatic rings. The summed E-state index contributed by atoms with van der Waals surface area (Å²) < 4.78 is 57.5. The van der Waals surface area contributed by atoms with Gasteiger partial charge in [-0.05, 0) is 61.4 Å². The molecule has 2 amide bonds. The summed E-state index contributed by atoms with van der Waals surface area (Å²) in [5, 5.41) is 2.95. The average molecular weight is 720 g/mol. The van der Waals surface area contributed by atoms with Gasteiger partial charge in [0.1, 0.15) is 29.8 Å². The minimum Gasteiger partial charge on any atom is -0.497 e. The van der Waals surface area contributed by atoms with Crippen LogP contribution in [0, 0.1) is 0 Å². The number of carbonyl (C=O) groups is 2. The Morgan fingerprint density at radius 3 is 1.94 bits per heavy atom. The molecular formula is C38H45N3O9S. The molecule has 0 fully saturated rings. The van der Waals surface area contributed by atoms with Gasteiger partial charge in [-0.2, -0.15) is 0 Å². The quantitative estimate of drug-likeness (QED) is 0.159. The van der Waals surface area contributed by atoms with Gasteiger partial charge >= 0.3 is 0 Å². The molecule has 0 spiro atoms. The number of benzene rings is 4. The molecule has 4 rings (SSSR count). The van der Waals surface area contributed by atoms with Gasteiger partial charge in [-0.3, -0.25) is 13.9 Å². The number of hydrogen-bond acceptors (Lipinski definition) is 9. The Morgan fingerprint density at radius 1 is 0.686 bits per heavy atom. The van der Waals surface area contributed by atoms with Crippen molar-refractivity contribution in [2.75, 3.05) is 46.4 Å². The molecule has 13 heteroatoms. The lowest BCUT2D eigenvalue weighted by molar-refractivity contribution is -0.140. The number of sulfonamides is 1. The zero-order valence-electron chi connectivity index (χ0n) is 29.9. The van der Waals surface area contributed by atoms with Crippen molar-refractivity contribution in [1.29, 1.82) is 0 Å². The van der Waals surface area contributed by atoms with Crippen LogP contribution in [0.2, 0.25) is 0 Å². The van der Waals surface area contributed by atoms with Crippen LogP contribution in [0.5, 0.6) is 28.7 Å². The van der Waals surface area contributed by atoms with E-state index < -0.39 is 34.4 Å². The fourth-order valence-electron chi connectivity index (χ4n) is 5.51. The largest absolute Gasteiger partial charge is 0.497 e. The number of anilines is 1. The predicted molar refractivity (Wildman–Crippen MR) is 194 cm³/mol. The third-order valence-electron chi connectivity index (χ3n) is 8.07. The fourth-order valence-corrected chi connectivity index (χ4v) is 6.94. The van der Waals surface area contributed by atoms with E-state index in [1.165, 1.54) is 64.7 Å². The normalized spacial score (nSPS) is 11.7. The number of methoxy groups -OCH3 is 5. The van der Waals surface area contributed by atoms with Crippen LogP contribution in [-0.4, -0.2) is 79.3 Å². The molecule has 0 saturated carbocycles. The lowest BCUT2D eigenvalue weighted by Crippen LogP contribution is -2.54. The van der Waals surface area contributed by atoms with Crippen molar-refractivity contribution in [2.24, 2.45) is 0 Å². The second-order valence-corrected chi connectivity index (χ2v) is 13.7. The van der Waals surface area contributed by atoms with E-state index in [1.807, 2.05) is 50.2 Å². The molecule has 1 N–H and O–H groups in total. The number of ether oxygens (including phenoxy) is 5. The standard InChI is InChI=1S/C38H45N3O9S/c1-26(2)39-38(43)33(21-27-12-9-8-10-13-27)40(24-28-14-11-15-29(20-28)46-3)37(42)25-41(32-22-30(47-4)16-18-34(32)48-5)51(44,45)31-17-19-35(49-6)36(23-31)50-7/h8-20,22-23,26,33H,21,24-25H2,1-7H3,(H,39,43)/t33-/m0/s1. The molecule has 1 atom stereocenters. The van der Waals surface area contributed by atoms with Gasteiger partial charge in [0, 0.05) is 31.1 Å². The SMILES string of the molecule is COc1cccc(CN(C(=O)CN(c2cc(OC)ccc2OC)S(=O)(=O)c2ccc(OC)c(OC)c2)[C@@H](Cc2ccccc2)C(=O)NC(C)C)c1. The first-order chi connectivity index (χ1) is 24.4. The Morgan fingerprint density at radius 2 is 1.31 bits per heavy atom. The zero-order valence-corrected chi connectivity index (χ0v) is 30.7. The maximum absolute atomic E-state index is 14.9. The van der Waals surface area contributed by atoms with Crippen molar-refractivity contribution in [3.8, 4) is 28.7 Å². The van der Waals surface area contributed by atoms with Crippen LogP contribution in [0.4, 0.5) is 5.69 Å². The van der Waals surface area contributed by atoms with Gasteiger partial charge < -0.3 is 33.9 Å². The third kappa shape index (κ3) is 9.43. The van der Waals surface area contributed by atoms with E-state index in [0.717, 1.165) is 9.87 Å². The van der Waals surface area contributed by atoms with Crippen LogP contribution < -0.4 is 33.3 Å². The van der Waals surface area contributed by atoms with E-state index >= 15 is 0 Å². The molecule has 0 unspecified atom stereocenters. The Kier molecular flexibility index (Phi) is 13.2. The van der Waals surface area contributed by atoms with Crippen LogP contribution in [0.1, 0.15) is 25.0 Å². The molecule has 0 aliphatic heterocycles. The Bertz CT molecular complexity index is 1900. The minimum absolute atomic E-state index is 0.0292. The van der Waals surface area contributed by atoms with Gasteiger partial charge in [0.15, 0.2) is 11.5 Å². The summed E-state index contributed by atoms with van der Waals surface area (Å²) >= 11 is 0. The lowest BCUT2D eigenvalue weighted by atomic mass is 10.0. The van der Waals surface area contributed by atoms with E-state index in [4.69, 9.17) is 23.7 Å². The smallest absolute Gasteiger partial charge is 0.265 e. The molecule has 0 saturated heterocycles. The van der Waals surface area contributed by atoms with Crippen molar-refractivity contribution >= 4 is 27.5 Å². The molecule has 0 aliphatic carbocycles. The average Bonchev–Trinajstić information content (AvgIpc) is 3.14. The molecular weight excluding hydrogens is 674 g/mol. The maximum Gasteiger partial charge on any atom is 0.265 e. The third-order valence-corrected chi connectivity index (χ3v) is 9.82. The van der Waals surface area contributed by atoms with Crippen LogP contribution in [0.15, 0.2) is 95.9 Å². The van der Waals surface area contributed by atoms with Gasteiger partial charge in [0.2, 0.25) is 11.8 Å². The van der Waals surface area contributed by atoms with Crippen molar-refractivity contribution in [3.05, 3.63) is 102 Å². The summed E-state index contributed by atoms with van der Waals surface area (Å²) in [4.78, 5) is 30.1. The van der Waals surface area contributed by atoms with Crippen molar-refractivity contribution in [1.82, 2.24) is 10.2 Å². The summed E-state index contributed by atoms with van der Waals surface area (Å²) in [6.45, 7) is 2.93. The first kappa shape index (κ1) is 38.4. The molecule has 51 heavy (non-hydrogen) atoms. The van der Waals surface area contributed by atoms with E-state index in [1.54, 1.807) is 30.3 Å². The minimum atomic E-state index is -4.51. The number of nitrogens with one attached hydrogen (secondary N) is 1. The zero-order chi connectivity index (χ0) is 37.1. The highest BCUT2D eigenvalue weighted by Gasteiger charge is 2.36. The Hall–Kier alpha value is -5.43. The van der Waals surface area contributed by atoms with E-state index in [0.29, 0.717) is 22.8 Å². The van der Waals surface area contributed by atoms with Crippen LogP contribution in [-0.2, 0) is 32.6 Å². The van der Waals surface area contributed by atoms with E-state index in [-0.39, 0.29) is 41.1 Å². The van der Waals surface area contributed by atoms with Gasteiger partial charge in [-0.1, -0.05) is 42.5 Å². The van der Waals surface area contributed by atoms with Crippen molar-refractivity contribution < 1.29 is 41.7 Å². The Labute approximate surface area is 299 Å². The summed E-state index contributed by atoms with van der Waals surface area (Å²) in [5.41, 5.74) is 1.54. The van der Waals surface area contributed by atoms with Crippen LogP contribution >= 0.6 is 0 Å².